The van der Waals surface area contributed by atoms with Crippen LogP contribution >= 0.6 is 0 Å². The van der Waals surface area contributed by atoms with E-state index in [1.807, 2.05) is 6.92 Å². The predicted octanol–water partition coefficient (Wildman–Crippen LogP) is 4.01. The number of unbranched alkanes of at least 4 members (excludes halogenated alkanes) is 6. The van der Waals surface area contributed by atoms with Gasteiger partial charge in [0.15, 0.2) is 0 Å². The zero-order valence-electron chi connectivity index (χ0n) is 10.8. The van der Waals surface area contributed by atoms with Gasteiger partial charge in [0.2, 0.25) is 0 Å². The van der Waals surface area contributed by atoms with Crippen molar-refractivity contribution in [1.29, 1.82) is 0 Å². The van der Waals surface area contributed by atoms with E-state index in [0.717, 1.165) is 19.3 Å². The van der Waals surface area contributed by atoms with Gasteiger partial charge in [-0.15, -0.1) is 0 Å². The van der Waals surface area contributed by atoms with Crippen molar-refractivity contribution < 1.29 is 14.6 Å². The van der Waals surface area contributed by atoms with Crippen LogP contribution in [0.5, 0.6) is 0 Å². The zero-order valence-corrected chi connectivity index (χ0v) is 10.8. The Morgan fingerprint density at radius 1 is 0.875 bits per heavy atom. The van der Waals surface area contributed by atoms with Crippen LogP contribution in [-0.2, 0) is 14.6 Å². The van der Waals surface area contributed by atoms with Crippen LogP contribution in [0.2, 0.25) is 0 Å². The lowest BCUT2D eigenvalue weighted by molar-refractivity contribution is -0.272. The summed E-state index contributed by atoms with van der Waals surface area (Å²) in [4.78, 5) is 20.4. The van der Waals surface area contributed by atoms with Crippen LogP contribution in [0.4, 0.5) is 0 Å². The lowest BCUT2D eigenvalue weighted by atomic mass is 10.1. The molecule has 0 aliphatic carbocycles. The van der Waals surface area contributed by atoms with Gasteiger partial charge in [-0.1, -0.05) is 52.4 Å². The Morgan fingerprint density at radius 3 is 2.12 bits per heavy atom. The molecule has 0 rings (SSSR count). The van der Waals surface area contributed by atoms with Gasteiger partial charge >= 0.3 is 5.97 Å². The summed E-state index contributed by atoms with van der Waals surface area (Å²) in [5, 5.41) is 0. The summed E-state index contributed by atoms with van der Waals surface area (Å²) < 4.78 is 0. The fraction of sp³-hybridized carbons (Fsp3) is 0.923. The minimum atomic E-state index is -0.234. The maximum Gasteiger partial charge on any atom is 0.342 e. The first-order chi connectivity index (χ1) is 7.81. The van der Waals surface area contributed by atoms with Crippen LogP contribution < -0.4 is 0 Å². The molecule has 0 saturated carbocycles. The van der Waals surface area contributed by atoms with Gasteiger partial charge in [-0.3, -0.25) is 4.89 Å². The molecule has 0 radical (unpaired) electrons. The van der Waals surface area contributed by atoms with Crippen molar-refractivity contribution in [1.82, 2.24) is 0 Å². The molecular weight excluding hydrogens is 204 g/mol. The molecule has 0 amide bonds. The van der Waals surface area contributed by atoms with Crippen molar-refractivity contribution in [2.24, 2.45) is 0 Å². The monoisotopic (exact) mass is 230 g/mol. The van der Waals surface area contributed by atoms with E-state index in [9.17, 15) is 4.79 Å². The van der Waals surface area contributed by atoms with E-state index >= 15 is 0 Å². The molecule has 0 atom stereocenters. The van der Waals surface area contributed by atoms with Crippen LogP contribution in [0.25, 0.3) is 0 Å². The highest BCUT2D eigenvalue weighted by molar-refractivity contribution is 5.68. The summed E-state index contributed by atoms with van der Waals surface area (Å²) in [5.41, 5.74) is 0. The molecule has 0 N–H and O–H groups in total. The Hall–Kier alpha value is -0.570. The fourth-order valence-corrected chi connectivity index (χ4v) is 1.46. The minimum Gasteiger partial charge on any atom is -0.298 e. The number of hydrogen-bond donors (Lipinski definition) is 0. The first-order valence-corrected chi connectivity index (χ1v) is 6.63. The maximum absolute atomic E-state index is 11.1. The Labute approximate surface area is 99.4 Å². The summed E-state index contributed by atoms with van der Waals surface area (Å²) >= 11 is 0. The Balaban J connectivity index is 3.09. The molecule has 0 spiro atoms. The van der Waals surface area contributed by atoms with Gasteiger partial charge in [0, 0.05) is 6.42 Å². The van der Waals surface area contributed by atoms with Crippen molar-refractivity contribution in [3.05, 3.63) is 0 Å². The first-order valence-electron chi connectivity index (χ1n) is 6.63. The standard InChI is InChI=1S/C13H26O3/c1-3-5-6-7-8-9-10-11-13(14)16-15-12-4-2/h3-12H2,1-2H3. The lowest BCUT2D eigenvalue weighted by Gasteiger charge is -2.02. The van der Waals surface area contributed by atoms with Crippen LogP contribution in [0.1, 0.15) is 71.6 Å². The average molecular weight is 230 g/mol. The largest absolute Gasteiger partial charge is 0.342 e. The molecule has 0 aliphatic heterocycles. The van der Waals surface area contributed by atoms with E-state index in [1.54, 1.807) is 0 Å². The molecule has 3 nitrogen and oxygen atoms in total. The number of carbonyl (C=O) groups is 1. The van der Waals surface area contributed by atoms with Crippen LogP contribution in [-0.4, -0.2) is 12.6 Å². The molecule has 0 saturated heterocycles. The molecule has 0 aromatic carbocycles. The lowest BCUT2D eigenvalue weighted by Crippen LogP contribution is -2.05. The maximum atomic E-state index is 11.1. The van der Waals surface area contributed by atoms with Crippen molar-refractivity contribution >= 4 is 5.97 Å². The summed E-state index contributed by atoms with van der Waals surface area (Å²) in [6, 6.07) is 0. The van der Waals surface area contributed by atoms with Crippen LogP contribution in [0, 0.1) is 0 Å². The number of carbonyl (C=O) groups excluding carboxylic acids is 1. The summed E-state index contributed by atoms with van der Waals surface area (Å²) in [7, 11) is 0. The van der Waals surface area contributed by atoms with Gasteiger partial charge in [-0.2, -0.15) is 4.89 Å². The molecule has 96 valence electrons. The molecular formula is C13H26O3. The summed E-state index contributed by atoms with van der Waals surface area (Å²) in [6.45, 7) is 4.68. The number of hydrogen-bond acceptors (Lipinski definition) is 3. The second-order valence-corrected chi connectivity index (χ2v) is 4.15. The van der Waals surface area contributed by atoms with Gasteiger partial charge in [-0.25, -0.2) is 4.79 Å². The number of rotatable bonds is 11. The van der Waals surface area contributed by atoms with E-state index in [4.69, 9.17) is 4.89 Å². The van der Waals surface area contributed by atoms with E-state index in [1.165, 1.54) is 32.1 Å². The Morgan fingerprint density at radius 2 is 1.50 bits per heavy atom. The van der Waals surface area contributed by atoms with E-state index in [-0.39, 0.29) is 5.97 Å². The van der Waals surface area contributed by atoms with Crippen molar-refractivity contribution in [2.75, 3.05) is 6.61 Å². The second-order valence-electron chi connectivity index (χ2n) is 4.15. The SMILES string of the molecule is CCCCCCCCCC(=O)OOCCC. The van der Waals surface area contributed by atoms with E-state index < -0.39 is 0 Å². The molecule has 0 aromatic heterocycles. The third-order valence-corrected chi connectivity index (χ3v) is 2.42. The third-order valence-electron chi connectivity index (χ3n) is 2.42. The molecule has 0 heterocycles. The summed E-state index contributed by atoms with van der Waals surface area (Å²) in [5.74, 6) is -0.234. The van der Waals surface area contributed by atoms with Gasteiger partial charge in [0.1, 0.15) is 0 Å². The smallest absolute Gasteiger partial charge is 0.298 e. The van der Waals surface area contributed by atoms with Gasteiger partial charge < -0.3 is 0 Å². The topological polar surface area (TPSA) is 35.5 Å². The van der Waals surface area contributed by atoms with Crippen molar-refractivity contribution in [3.8, 4) is 0 Å². The Bertz CT molecular complexity index is 157. The average Bonchev–Trinajstić information content (AvgIpc) is 2.28. The highest BCUT2D eigenvalue weighted by Crippen LogP contribution is 2.08. The van der Waals surface area contributed by atoms with Crippen molar-refractivity contribution in [3.63, 3.8) is 0 Å². The van der Waals surface area contributed by atoms with E-state index in [2.05, 4.69) is 11.8 Å². The zero-order chi connectivity index (χ0) is 12.1. The molecule has 16 heavy (non-hydrogen) atoms. The van der Waals surface area contributed by atoms with Crippen LogP contribution in [0.3, 0.4) is 0 Å². The predicted molar refractivity (Wildman–Crippen MR) is 64.9 cm³/mol. The Kier molecular flexibility index (Phi) is 12.1. The van der Waals surface area contributed by atoms with E-state index in [0.29, 0.717) is 13.0 Å². The third kappa shape index (κ3) is 11.5. The molecule has 0 fully saturated rings. The molecule has 3 heteroatoms. The quantitative estimate of drug-likeness (QED) is 0.305. The highest BCUT2D eigenvalue weighted by atomic mass is 17.2. The van der Waals surface area contributed by atoms with Crippen molar-refractivity contribution in [2.45, 2.75) is 71.6 Å². The molecule has 0 bridgehead atoms. The van der Waals surface area contributed by atoms with Gasteiger partial charge in [-0.05, 0) is 12.8 Å². The van der Waals surface area contributed by atoms with Crippen LogP contribution in [0.15, 0.2) is 0 Å². The molecule has 0 aliphatic rings. The highest BCUT2D eigenvalue weighted by Gasteiger charge is 2.02. The first kappa shape index (κ1) is 15.4. The fourth-order valence-electron chi connectivity index (χ4n) is 1.46. The summed E-state index contributed by atoms with van der Waals surface area (Å²) in [6.07, 6.45) is 9.82. The van der Waals surface area contributed by atoms with Gasteiger partial charge in [0.25, 0.3) is 0 Å². The second kappa shape index (κ2) is 12.5. The molecule has 0 aromatic rings. The van der Waals surface area contributed by atoms with Gasteiger partial charge in [0.05, 0.1) is 6.61 Å². The normalized spacial score (nSPS) is 10.4. The molecule has 0 unspecified atom stereocenters. The minimum absolute atomic E-state index is 0.234.